The number of hydrogen-bond acceptors (Lipinski definition) is 1. The first kappa shape index (κ1) is 34.7. The molecule has 2 nitrogen and oxygen atoms in total. The van der Waals surface area contributed by atoms with Crippen LogP contribution in [-0.2, 0) is 4.79 Å². The number of nitrogens with one attached hydrogen (secondary N) is 1. The Morgan fingerprint density at radius 2 is 0.861 bits per heavy atom. The van der Waals surface area contributed by atoms with E-state index in [1.54, 1.807) is 0 Å². The molecule has 1 amide bonds. The molecule has 0 rings (SSSR count). The lowest BCUT2D eigenvalue weighted by Crippen LogP contribution is -2.37. The highest BCUT2D eigenvalue weighted by Gasteiger charge is 2.26. The van der Waals surface area contributed by atoms with E-state index in [4.69, 9.17) is 0 Å². The van der Waals surface area contributed by atoms with Crippen molar-refractivity contribution in [3.8, 4) is 0 Å². The van der Waals surface area contributed by atoms with Crippen LogP contribution in [0.3, 0.4) is 0 Å². The zero-order valence-electron chi connectivity index (χ0n) is 24.4. The molecule has 0 fully saturated rings. The summed E-state index contributed by atoms with van der Waals surface area (Å²) in [5.41, 5.74) is -0.0197. The minimum atomic E-state index is -0.0197. The molecule has 36 heavy (non-hydrogen) atoms. The van der Waals surface area contributed by atoms with Gasteiger partial charge in [-0.25, -0.2) is 0 Å². The second-order valence-corrected chi connectivity index (χ2v) is 11.2. The van der Waals surface area contributed by atoms with Crippen molar-refractivity contribution in [3.05, 3.63) is 38.0 Å². The van der Waals surface area contributed by atoms with E-state index < -0.39 is 0 Å². The summed E-state index contributed by atoms with van der Waals surface area (Å²) < 4.78 is 0. The molecule has 0 heterocycles. The number of carbonyl (C=O) groups is 1. The Hall–Kier alpha value is -1.31. The van der Waals surface area contributed by atoms with Gasteiger partial charge in [0, 0.05) is 13.0 Å². The Kier molecular flexibility index (Phi) is 25.8. The van der Waals surface area contributed by atoms with Gasteiger partial charge < -0.3 is 5.32 Å². The molecule has 0 radical (unpaired) electrons. The highest BCUT2D eigenvalue weighted by Crippen LogP contribution is 2.31. The first-order valence-corrected chi connectivity index (χ1v) is 15.7. The minimum absolute atomic E-state index is 0.0197. The van der Waals surface area contributed by atoms with Crippen molar-refractivity contribution in [3.63, 3.8) is 0 Å². The van der Waals surface area contributed by atoms with E-state index >= 15 is 0 Å². The largest absolute Gasteiger partial charge is 0.356 e. The smallest absolute Gasteiger partial charge is 0.220 e. The summed E-state index contributed by atoms with van der Waals surface area (Å²) in [6.07, 6.45) is 36.7. The van der Waals surface area contributed by atoms with Crippen LogP contribution in [0, 0.1) is 5.41 Å². The minimum Gasteiger partial charge on any atom is -0.356 e. The maximum atomic E-state index is 12.3. The fraction of sp³-hybridized carbons (Fsp3) is 0.794. The molecule has 210 valence electrons. The first-order chi connectivity index (χ1) is 17.6. The molecule has 0 aliphatic carbocycles. The standard InChI is InChI=1S/C34H63NO/c1-5-9-10-11-12-13-14-15-16-17-18-19-20-21-22-23-24-25-26-27-28-33(36)35-32-34(29-6-2,30-7-3)31-8-4/h6-8H,2-5,9-32H2,1H3,(H,35,36). The van der Waals surface area contributed by atoms with E-state index in [1.165, 1.54) is 122 Å². The van der Waals surface area contributed by atoms with Gasteiger partial charge in [0.25, 0.3) is 0 Å². The summed E-state index contributed by atoms with van der Waals surface area (Å²) in [5.74, 6) is 0.180. The van der Waals surface area contributed by atoms with Gasteiger partial charge in [0.1, 0.15) is 0 Å². The van der Waals surface area contributed by atoms with E-state index in [1.807, 2.05) is 18.2 Å². The summed E-state index contributed by atoms with van der Waals surface area (Å²) in [4.78, 5) is 12.3. The molecule has 2 heteroatoms. The normalized spacial score (nSPS) is 11.4. The van der Waals surface area contributed by atoms with Crippen molar-refractivity contribution >= 4 is 5.91 Å². The van der Waals surface area contributed by atoms with Crippen LogP contribution in [0.15, 0.2) is 38.0 Å². The van der Waals surface area contributed by atoms with Gasteiger partial charge in [-0.3, -0.25) is 4.79 Å². The Morgan fingerprint density at radius 1 is 0.556 bits per heavy atom. The Balaban J connectivity index is 3.47. The second kappa shape index (κ2) is 26.7. The predicted molar refractivity (Wildman–Crippen MR) is 163 cm³/mol. The number of hydrogen-bond donors (Lipinski definition) is 1. The molecule has 0 saturated heterocycles. The van der Waals surface area contributed by atoms with Gasteiger partial charge in [-0.15, -0.1) is 19.7 Å². The molecular weight excluding hydrogens is 438 g/mol. The summed E-state index contributed by atoms with van der Waals surface area (Å²) in [5, 5.41) is 3.16. The van der Waals surface area contributed by atoms with Crippen molar-refractivity contribution in [2.45, 2.75) is 161 Å². The van der Waals surface area contributed by atoms with E-state index in [9.17, 15) is 4.79 Å². The van der Waals surface area contributed by atoms with E-state index in [2.05, 4.69) is 32.0 Å². The van der Waals surface area contributed by atoms with Crippen molar-refractivity contribution < 1.29 is 4.79 Å². The van der Waals surface area contributed by atoms with E-state index in [0.29, 0.717) is 13.0 Å². The van der Waals surface area contributed by atoms with Crippen molar-refractivity contribution in [2.24, 2.45) is 5.41 Å². The summed E-state index contributed by atoms with van der Waals surface area (Å²) >= 11 is 0. The van der Waals surface area contributed by atoms with Crippen LogP contribution in [0.2, 0.25) is 0 Å². The summed E-state index contributed by atoms with van der Waals surface area (Å²) in [6, 6.07) is 0. The third kappa shape index (κ3) is 21.9. The molecular formula is C34H63NO. The molecule has 0 aliphatic rings. The lowest BCUT2D eigenvalue weighted by atomic mass is 9.78. The fourth-order valence-corrected chi connectivity index (χ4v) is 5.30. The monoisotopic (exact) mass is 501 g/mol. The lowest BCUT2D eigenvalue weighted by Gasteiger charge is -2.31. The molecule has 0 aromatic heterocycles. The van der Waals surface area contributed by atoms with Crippen LogP contribution < -0.4 is 5.32 Å². The molecule has 1 N–H and O–H groups in total. The number of rotatable bonds is 29. The maximum Gasteiger partial charge on any atom is 0.220 e. The highest BCUT2D eigenvalue weighted by molar-refractivity contribution is 5.75. The van der Waals surface area contributed by atoms with Crippen LogP contribution in [0.1, 0.15) is 161 Å². The third-order valence-corrected chi connectivity index (χ3v) is 7.65. The SMILES string of the molecule is C=CCC(CC=C)(CC=C)CNC(=O)CCCCCCCCCCCCCCCCCCCCCC. The highest BCUT2D eigenvalue weighted by atomic mass is 16.1. The van der Waals surface area contributed by atoms with Gasteiger partial charge in [-0.2, -0.15) is 0 Å². The topological polar surface area (TPSA) is 29.1 Å². The molecule has 0 saturated carbocycles. The van der Waals surface area contributed by atoms with Crippen molar-refractivity contribution in [1.29, 1.82) is 0 Å². The average Bonchev–Trinajstić information content (AvgIpc) is 2.87. The molecule has 0 aromatic carbocycles. The van der Waals surface area contributed by atoms with Crippen LogP contribution in [0.4, 0.5) is 0 Å². The van der Waals surface area contributed by atoms with Gasteiger partial charge >= 0.3 is 0 Å². The first-order valence-electron chi connectivity index (χ1n) is 15.7. The van der Waals surface area contributed by atoms with Gasteiger partial charge in [-0.1, -0.05) is 147 Å². The van der Waals surface area contributed by atoms with Crippen LogP contribution >= 0.6 is 0 Å². The number of allylic oxidation sites excluding steroid dienone is 3. The Morgan fingerprint density at radius 3 is 1.17 bits per heavy atom. The summed E-state index contributed by atoms with van der Waals surface area (Å²) in [6.45, 7) is 14.6. The fourth-order valence-electron chi connectivity index (χ4n) is 5.30. The zero-order chi connectivity index (χ0) is 26.6. The quantitative estimate of drug-likeness (QED) is 0.0801. The number of unbranched alkanes of at least 4 members (excludes halogenated alkanes) is 19. The predicted octanol–water partition coefficient (Wildman–Crippen LogP) is 11.0. The average molecular weight is 502 g/mol. The Labute approximate surface area is 226 Å². The van der Waals surface area contributed by atoms with Crippen molar-refractivity contribution in [1.82, 2.24) is 5.32 Å². The van der Waals surface area contributed by atoms with Gasteiger partial charge in [0.15, 0.2) is 0 Å². The second-order valence-electron chi connectivity index (χ2n) is 11.2. The van der Waals surface area contributed by atoms with E-state index in [-0.39, 0.29) is 11.3 Å². The lowest BCUT2D eigenvalue weighted by molar-refractivity contribution is -0.121. The molecule has 0 bridgehead atoms. The third-order valence-electron chi connectivity index (χ3n) is 7.65. The van der Waals surface area contributed by atoms with Crippen LogP contribution in [0.25, 0.3) is 0 Å². The van der Waals surface area contributed by atoms with Crippen LogP contribution in [-0.4, -0.2) is 12.5 Å². The zero-order valence-corrected chi connectivity index (χ0v) is 24.4. The van der Waals surface area contributed by atoms with E-state index in [0.717, 1.165) is 25.7 Å². The molecule has 0 aromatic rings. The maximum absolute atomic E-state index is 12.3. The molecule has 0 aliphatic heterocycles. The van der Waals surface area contributed by atoms with Crippen molar-refractivity contribution in [2.75, 3.05) is 6.54 Å². The number of amides is 1. The van der Waals surface area contributed by atoms with Crippen LogP contribution in [0.5, 0.6) is 0 Å². The number of carbonyl (C=O) groups excluding carboxylic acids is 1. The van der Waals surface area contributed by atoms with Gasteiger partial charge in [0.05, 0.1) is 0 Å². The molecule has 0 spiro atoms. The molecule has 0 atom stereocenters. The molecule has 0 unspecified atom stereocenters. The summed E-state index contributed by atoms with van der Waals surface area (Å²) in [7, 11) is 0. The Bertz CT molecular complexity index is 497. The van der Waals surface area contributed by atoms with Gasteiger partial charge in [-0.05, 0) is 31.1 Å². The van der Waals surface area contributed by atoms with Gasteiger partial charge in [0.2, 0.25) is 5.91 Å².